The largest absolute Gasteiger partial charge is 0.494 e. The predicted molar refractivity (Wildman–Crippen MR) is 75.1 cm³/mol. The Morgan fingerprint density at radius 1 is 1.32 bits per heavy atom. The van der Waals surface area contributed by atoms with Crippen LogP contribution in [-0.2, 0) is 4.74 Å². The Labute approximate surface area is 115 Å². The molecule has 1 aromatic rings. The summed E-state index contributed by atoms with van der Waals surface area (Å²) in [7, 11) is 0. The summed E-state index contributed by atoms with van der Waals surface area (Å²) in [5.41, 5.74) is 0.935. The van der Waals surface area contributed by atoms with Gasteiger partial charge in [-0.05, 0) is 44.5 Å². The highest BCUT2D eigenvalue weighted by Crippen LogP contribution is 2.19. The smallest absolute Gasteiger partial charge is 0.121 e. The third-order valence-electron chi connectivity index (χ3n) is 2.65. The maximum atomic E-state index is 9.22. The Bertz CT molecular complexity index is 401. The van der Waals surface area contributed by atoms with Crippen molar-refractivity contribution in [3.05, 3.63) is 29.8 Å². The van der Waals surface area contributed by atoms with Crippen LogP contribution in [0.2, 0.25) is 0 Å². The van der Waals surface area contributed by atoms with E-state index in [1.807, 2.05) is 38.1 Å². The molecule has 1 unspecified atom stereocenters. The summed E-state index contributed by atoms with van der Waals surface area (Å²) in [6.45, 7) is 6.77. The first-order valence-corrected chi connectivity index (χ1v) is 6.75. The van der Waals surface area contributed by atoms with Crippen LogP contribution in [0.5, 0.6) is 5.75 Å². The predicted octanol–water partition coefficient (Wildman–Crippen LogP) is 2.67. The van der Waals surface area contributed by atoms with Gasteiger partial charge in [0.05, 0.1) is 12.7 Å². The number of nitrogens with one attached hydrogen (secondary N) is 1. The van der Waals surface area contributed by atoms with E-state index in [4.69, 9.17) is 9.47 Å². The third kappa shape index (κ3) is 5.73. The van der Waals surface area contributed by atoms with Crippen molar-refractivity contribution in [2.45, 2.75) is 26.3 Å². The van der Waals surface area contributed by atoms with Crippen molar-refractivity contribution in [1.82, 2.24) is 5.32 Å². The molecule has 0 aliphatic heterocycles. The lowest BCUT2D eigenvalue weighted by Crippen LogP contribution is -2.22. The fraction of sp³-hybridized carbons (Fsp3) is 0.533. The highest BCUT2D eigenvalue weighted by atomic mass is 16.5. The molecule has 0 saturated carbocycles. The molecule has 0 saturated heterocycles. The van der Waals surface area contributed by atoms with Crippen LogP contribution in [0.3, 0.4) is 0 Å². The van der Waals surface area contributed by atoms with Crippen LogP contribution >= 0.6 is 0 Å². The van der Waals surface area contributed by atoms with Gasteiger partial charge in [0.1, 0.15) is 11.8 Å². The van der Waals surface area contributed by atoms with Crippen LogP contribution in [0.15, 0.2) is 24.3 Å². The first kappa shape index (κ1) is 15.5. The van der Waals surface area contributed by atoms with Gasteiger partial charge >= 0.3 is 0 Å². The molecule has 1 atom stereocenters. The molecule has 0 radical (unpaired) electrons. The number of nitrogens with zero attached hydrogens (tertiary/aromatic N) is 1. The quantitative estimate of drug-likeness (QED) is 0.695. The topological polar surface area (TPSA) is 54.3 Å². The molecule has 1 N–H and O–H groups in total. The number of hydrogen-bond donors (Lipinski definition) is 1. The van der Waals surface area contributed by atoms with Gasteiger partial charge in [-0.25, -0.2) is 0 Å². The van der Waals surface area contributed by atoms with E-state index in [0.717, 1.165) is 37.5 Å². The fourth-order valence-corrected chi connectivity index (χ4v) is 1.75. The molecule has 0 aromatic heterocycles. The number of benzene rings is 1. The van der Waals surface area contributed by atoms with Gasteiger partial charge in [0, 0.05) is 13.2 Å². The number of hydrogen-bond acceptors (Lipinski definition) is 4. The Morgan fingerprint density at radius 3 is 2.84 bits per heavy atom. The number of ether oxygens (including phenoxy) is 2. The second kappa shape index (κ2) is 9.37. The minimum absolute atomic E-state index is 0.304. The first-order valence-electron chi connectivity index (χ1n) is 6.75. The Balaban J connectivity index is 2.50. The van der Waals surface area contributed by atoms with Crippen LogP contribution in [0, 0.1) is 11.3 Å². The van der Waals surface area contributed by atoms with Gasteiger partial charge in [0.15, 0.2) is 0 Å². The van der Waals surface area contributed by atoms with Gasteiger partial charge in [-0.3, -0.25) is 5.32 Å². The molecular formula is C15H22N2O2. The van der Waals surface area contributed by atoms with Crippen molar-refractivity contribution in [3.63, 3.8) is 0 Å². The zero-order chi connectivity index (χ0) is 13.9. The maximum Gasteiger partial charge on any atom is 0.121 e. The minimum Gasteiger partial charge on any atom is -0.494 e. The highest BCUT2D eigenvalue weighted by molar-refractivity contribution is 5.33. The van der Waals surface area contributed by atoms with Crippen molar-refractivity contribution >= 4 is 0 Å². The van der Waals surface area contributed by atoms with Crippen molar-refractivity contribution in [1.29, 1.82) is 5.26 Å². The summed E-state index contributed by atoms with van der Waals surface area (Å²) < 4.78 is 10.7. The van der Waals surface area contributed by atoms with Gasteiger partial charge in [-0.15, -0.1) is 0 Å². The summed E-state index contributed by atoms with van der Waals surface area (Å²) in [5, 5.41) is 12.4. The molecule has 0 heterocycles. The highest BCUT2D eigenvalue weighted by Gasteiger charge is 2.10. The minimum atomic E-state index is -0.304. The SMILES string of the molecule is CCOCCCNC(C#N)c1cccc(OCC)c1. The van der Waals surface area contributed by atoms with Crippen LogP contribution in [-0.4, -0.2) is 26.4 Å². The fourth-order valence-electron chi connectivity index (χ4n) is 1.75. The van der Waals surface area contributed by atoms with Crippen molar-refractivity contribution < 1.29 is 9.47 Å². The molecule has 4 nitrogen and oxygen atoms in total. The lowest BCUT2D eigenvalue weighted by atomic mass is 10.1. The normalized spacial score (nSPS) is 11.8. The second-order valence-corrected chi connectivity index (χ2v) is 4.07. The number of rotatable bonds is 9. The van der Waals surface area contributed by atoms with E-state index in [9.17, 15) is 5.26 Å². The average Bonchev–Trinajstić information content (AvgIpc) is 2.43. The number of nitriles is 1. The summed E-state index contributed by atoms with van der Waals surface area (Å²) in [6.07, 6.45) is 0.900. The van der Waals surface area contributed by atoms with E-state index in [1.165, 1.54) is 0 Å². The molecule has 0 aliphatic carbocycles. The molecule has 0 fully saturated rings. The van der Waals surface area contributed by atoms with Gasteiger partial charge < -0.3 is 9.47 Å². The van der Waals surface area contributed by atoms with Crippen molar-refractivity contribution in [2.24, 2.45) is 0 Å². The third-order valence-corrected chi connectivity index (χ3v) is 2.65. The van der Waals surface area contributed by atoms with Gasteiger partial charge in [0.25, 0.3) is 0 Å². The van der Waals surface area contributed by atoms with E-state index < -0.39 is 0 Å². The maximum absolute atomic E-state index is 9.22. The lowest BCUT2D eigenvalue weighted by Gasteiger charge is -2.13. The molecule has 4 heteroatoms. The zero-order valence-corrected chi connectivity index (χ0v) is 11.7. The Hall–Kier alpha value is -1.57. The molecule has 104 valence electrons. The molecule has 0 amide bonds. The zero-order valence-electron chi connectivity index (χ0n) is 11.7. The van der Waals surface area contributed by atoms with E-state index in [-0.39, 0.29) is 6.04 Å². The molecule has 1 rings (SSSR count). The van der Waals surface area contributed by atoms with Crippen molar-refractivity contribution in [2.75, 3.05) is 26.4 Å². The molecule has 19 heavy (non-hydrogen) atoms. The Morgan fingerprint density at radius 2 is 2.16 bits per heavy atom. The molecule has 0 aliphatic rings. The lowest BCUT2D eigenvalue weighted by molar-refractivity contribution is 0.144. The molecule has 1 aromatic carbocycles. The van der Waals surface area contributed by atoms with Gasteiger partial charge in [0.2, 0.25) is 0 Å². The van der Waals surface area contributed by atoms with Crippen LogP contribution < -0.4 is 10.1 Å². The Kier molecular flexibility index (Phi) is 7.64. The van der Waals surface area contributed by atoms with Gasteiger partial charge in [-0.2, -0.15) is 5.26 Å². The van der Waals surface area contributed by atoms with E-state index in [1.54, 1.807) is 0 Å². The summed E-state index contributed by atoms with van der Waals surface area (Å²) in [5.74, 6) is 0.802. The summed E-state index contributed by atoms with van der Waals surface area (Å²) in [6, 6.07) is 9.62. The van der Waals surface area contributed by atoms with Crippen molar-refractivity contribution in [3.8, 4) is 11.8 Å². The average molecular weight is 262 g/mol. The van der Waals surface area contributed by atoms with Crippen LogP contribution in [0.25, 0.3) is 0 Å². The second-order valence-electron chi connectivity index (χ2n) is 4.07. The summed E-state index contributed by atoms with van der Waals surface area (Å²) in [4.78, 5) is 0. The monoisotopic (exact) mass is 262 g/mol. The standard InChI is InChI=1S/C15H22N2O2/c1-3-18-10-6-9-17-15(12-16)13-7-5-8-14(11-13)19-4-2/h5,7-8,11,15,17H,3-4,6,9-10H2,1-2H3. The summed E-state index contributed by atoms with van der Waals surface area (Å²) >= 11 is 0. The first-order chi connectivity index (χ1) is 9.31. The molecule has 0 bridgehead atoms. The van der Waals surface area contributed by atoms with Crippen LogP contribution in [0.4, 0.5) is 0 Å². The molecule has 0 spiro atoms. The van der Waals surface area contributed by atoms with E-state index in [2.05, 4.69) is 11.4 Å². The van der Waals surface area contributed by atoms with E-state index >= 15 is 0 Å². The van der Waals surface area contributed by atoms with Crippen LogP contribution in [0.1, 0.15) is 31.9 Å². The molecular weight excluding hydrogens is 240 g/mol. The van der Waals surface area contributed by atoms with Gasteiger partial charge in [-0.1, -0.05) is 12.1 Å². The van der Waals surface area contributed by atoms with E-state index in [0.29, 0.717) is 6.61 Å².